The molecule has 8 atom stereocenters. The molecule has 0 amide bonds. The Bertz CT molecular complexity index is 1080. The highest BCUT2D eigenvalue weighted by Gasteiger charge is 2.83. The van der Waals surface area contributed by atoms with Gasteiger partial charge in [0.1, 0.15) is 17.5 Å². The first-order valence-electron chi connectivity index (χ1n) is 11.7. The van der Waals surface area contributed by atoms with Crippen molar-refractivity contribution in [2.75, 3.05) is 6.61 Å². The fourth-order valence-corrected chi connectivity index (χ4v) is 7.71. The minimum absolute atomic E-state index is 0.00615. The summed E-state index contributed by atoms with van der Waals surface area (Å²) in [7, 11) is 0. The van der Waals surface area contributed by atoms with Gasteiger partial charge in [-0.15, -0.1) is 0 Å². The van der Waals surface area contributed by atoms with Crippen molar-refractivity contribution in [3.63, 3.8) is 0 Å². The normalized spacial score (nSPS) is 46.1. The first-order chi connectivity index (χ1) is 15.8. The van der Waals surface area contributed by atoms with Crippen molar-refractivity contribution < 1.29 is 42.9 Å². The molecule has 1 spiro atoms. The van der Waals surface area contributed by atoms with Crippen molar-refractivity contribution in [1.29, 1.82) is 0 Å². The van der Waals surface area contributed by atoms with Crippen LogP contribution >= 0.6 is 0 Å². The Morgan fingerprint density at radius 2 is 1.91 bits per heavy atom. The van der Waals surface area contributed by atoms with E-state index in [4.69, 9.17) is 14.2 Å². The maximum Gasteiger partial charge on any atom is 0.303 e. The average molecular weight is 476 g/mol. The minimum Gasteiger partial charge on any atom is -0.459 e. The number of halogens is 1. The van der Waals surface area contributed by atoms with Crippen LogP contribution in [-0.4, -0.2) is 58.6 Å². The molecule has 34 heavy (non-hydrogen) atoms. The quantitative estimate of drug-likeness (QED) is 0.484. The van der Waals surface area contributed by atoms with Crippen molar-refractivity contribution in [1.82, 2.24) is 0 Å². The molecule has 9 heteroatoms. The van der Waals surface area contributed by atoms with Crippen molar-refractivity contribution >= 4 is 23.5 Å². The predicted octanol–water partition coefficient (Wildman–Crippen LogP) is 2.13. The molecular formula is C25H29FO8. The lowest BCUT2D eigenvalue weighted by molar-refractivity contribution is -0.186. The summed E-state index contributed by atoms with van der Waals surface area (Å²) in [6.45, 7) is 5.33. The van der Waals surface area contributed by atoms with E-state index in [0.29, 0.717) is 5.57 Å². The molecule has 5 rings (SSSR count). The largest absolute Gasteiger partial charge is 0.459 e. The molecule has 8 nitrogen and oxygen atoms in total. The number of carbonyl (C=O) groups excluding carboxylic acids is 4. The maximum absolute atomic E-state index is 15.5. The van der Waals surface area contributed by atoms with E-state index in [1.807, 2.05) is 6.92 Å². The monoisotopic (exact) mass is 476 g/mol. The Labute approximate surface area is 196 Å². The van der Waals surface area contributed by atoms with E-state index in [1.54, 1.807) is 13.0 Å². The number of allylic oxidation sites excluding steroid dienone is 2. The second-order valence-corrected chi connectivity index (χ2v) is 10.8. The van der Waals surface area contributed by atoms with Gasteiger partial charge in [0.25, 0.3) is 0 Å². The molecule has 0 radical (unpaired) electrons. The molecule has 0 bridgehead atoms. The van der Waals surface area contributed by atoms with Gasteiger partial charge in [0, 0.05) is 43.4 Å². The zero-order valence-electron chi connectivity index (χ0n) is 19.7. The van der Waals surface area contributed by atoms with Crippen molar-refractivity contribution in [2.24, 2.45) is 22.7 Å². The van der Waals surface area contributed by atoms with Crippen LogP contribution in [0.1, 0.15) is 53.4 Å². The van der Waals surface area contributed by atoms with Crippen molar-refractivity contribution in [3.8, 4) is 0 Å². The van der Waals surface area contributed by atoms with E-state index >= 15 is 4.39 Å². The van der Waals surface area contributed by atoms with E-state index in [0.717, 1.165) is 6.92 Å². The minimum atomic E-state index is -2.13. The number of Topliss-reactive ketones (excluding diaryl/α,β-unsaturated/α-hetero) is 1. The third kappa shape index (κ3) is 2.71. The first-order valence-corrected chi connectivity index (χ1v) is 11.7. The molecule has 1 heterocycles. The number of esters is 2. The highest BCUT2D eigenvalue weighted by atomic mass is 19.1. The number of epoxide rings is 1. The second kappa shape index (κ2) is 7.07. The van der Waals surface area contributed by atoms with E-state index in [-0.39, 0.29) is 43.4 Å². The standard InChI is InChI=1S/C25H29FO8/c1-12(27)32-11-19(30)24(31)20(33-13(2)28)9-15-16-8-18(26)17-7-14(29)5-6-22(17,3)25(16)21(34-25)10-23(15,24)4/h5-6,15-16,20-21,31H,7-11H2,1-4H3/t15?,16?,20-,21+,22+,23+,24-,25-/m1/s1. The fraction of sp³-hybridized carbons (Fsp3) is 0.680. The number of ketones is 2. The van der Waals surface area contributed by atoms with Gasteiger partial charge < -0.3 is 19.3 Å². The summed E-state index contributed by atoms with van der Waals surface area (Å²) < 4.78 is 32.2. The fourth-order valence-electron chi connectivity index (χ4n) is 7.71. The van der Waals surface area contributed by atoms with Gasteiger partial charge in [-0.1, -0.05) is 13.0 Å². The molecule has 1 N–H and O–H groups in total. The summed E-state index contributed by atoms with van der Waals surface area (Å²) in [5.74, 6) is -3.42. The number of hydrogen-bond donors (Lipinski definition) is 1. The zero-order valence-corrected chi connectivity index (χ0v) is 19.7. The third-order valence-electron chi connectivity index (χ3n) is 9.29. The number of fused-ring (bicyclic) bond motifs is 3. The Morgan fingerprint density at radius 3 is 2.56 bits per heavy atom. The Kier molecular flexibility index (Phi) is 4.86. The smallest absolute Gasteiger partial charge is 0.303 e. The Morgan fingerprint density at radius 1 is 1.21 bits per heavy atom. The molecule has 1 aliphatic heterocycles. The second-order valence-electron chi connectivity index (χ2n) is 10.8. The molecule has 1 saturated heterocycles. The van der Waals surface area contributed by atoms with E-state index < -0.39 is 64.3 Å². The molecule has 3 fully saturated rings. The summed E-state index contributed by atoms with van der Waals surface area (Å²) in [4.78, 5) is 48.6. The van der Waals surface area contributed by atoms with Crippen LogP contribution in [0.15, 0.2) is 23.6 Å². The summed E-state index contributed by atoms with van der Waals surface area (Å²) in [6.07, 6.45) is 2.12. The van der Waals surface area contributed by atoms with Gasteiger partial charge in [-0.25, -0.2) is 4.39 Å². The molecule has 184 valence electrons. The predicted molar refractivity (Wildman–Crippen MR) is 114 cm³/mol. The molecule has 2 saturated carbocycles. The molecule has 2 unspecified atom stereocenters. The number of ether oxygens (including phenoxy) is 3. The third-order valence-corrected chi connectivity index (χ3v) is 9.29. The topological polar surface area (TPSA) is 120 Å². The van der Waals surface area contributed by atoms with Gasteiger partial charge in [-0.3, -0.25) is 19.2 Å². The number of aliphatic hydroxyl groups is 1. The molecular weight excluding hydrogens is 447 g/mol. The van der Waals surface area contributed by atoms with Crippen LogP contribution in [0.2, 0.25) is 0 Å². The number of hydrogen-bond acceptors (Lipinski definition) is 8. The zero-order chi connectivity index (χ0) is 24.8. The summed E-state index contributed by atoms with van der Waals surface area (Å²) in [5, 5.41) is 11.9. The lowest BCUT2D eigenvalue weighted by Crippen LogP contribution is -2.63. The van der Waals surface area contributed by atoms with Crippen LogP contribution in [0.5, 0.6) is 0 Å². The Balaban J connectivity index is 1.59. The van der Waals surface area contributed by atoms with E-state index in [1.165, 1.54) is 13.0 Å². The van der Waals surface area contributed by atoms with E-state index in [2.05, 4.69) is 0 Å². The van der Waals surface area contributed by atoms with Gasteiger partial charge in [0.15, 0.2) is 18.0 Å². The SMILES string of the molecule is CC(=O)OCC(=O)[C@@]1(O)[C@H](OC(C)=O)CC2C3CC(F)=C4CC(=O)C=C[C@]4(C)[C@@]34O[C@H]4C[C@@]21C. The van der Waals surface area contributed by atoms with Gasteiger partial charge in [0.2, 0.25) is 5.78 Å². The van der Waals surface area contributed by atoms with Gasteiger partial charge in [-0.2, -0.15) is 0 Å². The lowest BCUT2D eigenvalue weighted by atomic mass is 9.47. The summed E-state index contributed by atoms with van der Waals surface area (Å²) in [5.41, 5.74) is -4.37. The van der Waals surface area contributed by atoms with Gasteiger partial charge in [0.05, 0.1) is 6.10 Å². The molecule has 0 aromatic rings. The first kappa shape index (κ1) is 23.4. The van der Waals surface area contributed by atoms with E-state index in [9.17, 15) is 24.3 Å². The molecule has 5 aliphatic rings. The van der Waals surface area contributed by atoms with Gasteiger partial charge >= 0.3 is 11.9 Å². The van der Waals surface area contributed by atoms with Crippen LogP contribution in [0.3, 0.4) is 0 Å². The molecule has 4 aliphatic carbocycles. The van der Waals surface area contributed by atoms with Crippen LogP contribution in [0.25, 0.3) is 0 Å². The number of rotatable bonds is 4. The van der Waals surface area contributed by atoms with Crippen LogP contribution < -0.4 is 0 Å². The van der Waals surface area contributed by atoms with Crippen molar-refractivity contribution in [3.05, 3.63) is 23.6 Å². The van der Waals surface area contributed by atoms with Gasteiger partial charge in [-0.05, 0) is 37.3 Å². The van der Waals surface area contributed by atoms with Crippen LogP contribution in [-0.2, 0) is 33.4 Å². The Hall–Kier alpha value is -2.39. The number of carbonyl (C=O) groups is 4. The average Bonchev–Trinajstić information content (AvgIpc) is 3.43. The maximum atomic E-state index is 15.5. The molecule has 0 aromatic carbocycles. The highest BCUT2D eigenvalue weighted by molar-refractivity contribution is 5.94. The van der Waals surface area contributed by atoms with Crippen molar-refractivity contribution in [2.45, 2.75) is 76.8 Å². The summed E-state index contributed by atoms with van der Waals surface area (Å²) in [6, 6.07) is 0. The lowest BCUT2D eigenvalue weighted by Gasteiger charge is -2.54. The highest BCUT2D eigenvalue weighted by Crippen LogP contribution is 2.76. The summed E-state index contributed by atoms with van der Waals surface area (Å²) >= 11 is 0. The van der Waals surface area contributed by atoms with Crippen LogP contribution in [0, 0.1) is 22.7 Å². The molecule has 0 aromatic heterocycles. The van der Waals surface area contributed by atoms with Crippen LogP contribution in [0.4, 0.5) is 4.39 Å².